The van der Waals surface area contributed by atoms with E-state index in [1.54, 1.807) is 35.6 Å². The molecule has 2 aromatic heterocycles. The van der Waals surface area contributed by atoms with Crippen LogP contribution in [0.1, 0.15) is 42.5 Å². The van der Waals surface area contributed by atoms with Crippen LogP contribution < -0.4 is 5.32 Å². The molecule has 0 spiro atoms. The zero-order valence-corrected chi connectivity index (χ0v) is 15.7. The Balaban J connectivity index is 1.29. The fourth-order valence-corrected chi connectivity index (χ4v) is 4.35. The molecule has 0 unspecified atom stereocenters. The van der Waals surface area contributed by atoms with Gasteiger partial charge < -0.3 is 10.2 Å². The van der Waals surface area contributed by atoms with Gasteiger partial charge in [-0.1, -0.05) is 6.42 Å². The van der Waals surface area contributed by atoms with E-state index in [0.29, 0.717) is 29.8 Å². The van der Waals surface area contributed by atoms with E-state index in [4.69, 9.17) is 0 Å². The Bertz CT molecular complexity index is 875. The van der Waals surface area contributed by atoms with Crippen LogP contribution in [-0.4, -0.2) is 55.6 Å². The number of hydrogen-bond donors (Lipinski definition) is 1. The van der Waals surface area contributed by atoms with Gasteiger partial charge in [-0.05, 0) is 43.7 Å². The van der Waals surface area contributed by atoms with Crippen molar-refractivity contribution in [2.24, 2.45) is 17.8 Å². The average Bonchev–Trinajstić information content (AvgIpc) is 3.18. The van der Waals surface area contributed by atoms with Crippen LogP contribution in [-0.2, 0) is 4.79 Å². The summed E-state index contributed by atoms with van der Waals surface area (Å²) in [5, 5.41) is 10.8. The van der Waals surface area contributed by atoms with E-state index in [0.717, 1.165) is 25.8 Å². The highest BCUT2D eigenvalue weighted by molar-refractivity contribution is 5.94. The molecule has 2 aliphatic carbocycles. The summed E-state index contributed by atoms with van der Waals surface area (Å²) in [4.78, 5) is 31.9. The maximum absolute atomic E-state index is 12.9. The maximum Gasteiger partial charge on any atom is 0.251 e. The number of likely N-dealkylation sites (tertiary alicyclic amines) is 1. The minimum absolute atomic E-state index is 0.0237. The lowest BCUT2D eigenvalue weighted by Crippen LogP contribution is -2.42. The Morgan fingerprint density at radius 3 is 2.54 bits per heavy atom. The fourth-order valence-electron chi connectivity index (χ4n) is 4.35. The third-order valence-corrected chi connectivity index (χ3v) is 6.37. The minimum Gasteiger partial charge on any atom is -0.347 e. The molecule has 2 amide bonds. The van der Waals surface area contributed by atoms with E-state index in [9.17, 15) is 9.59 Å². The summed E-state index contributed by atoms with van der Waals surface area (Å²) < 4.78 is 1.67. The maximum atomic E-state index is 12.9. The zero-order valence-electron chi connectivity index (χ0n) is 15.7. The van der Waals surface area contributed by atoms with Crippen molar-refractivity contribution in [1.82, 2.24) is 30.0 Å². The lowest BCUT2D eigenvalue weighted by Gasteiger charge is -2.29. The molecule has 0 bridgehead atoms. The molecule has 2 saturated carbocycles. The van der Waals surface area contributed by atoms with Crippen molar-refractivity contribution < 1.29 is 9.59 Å². The van der Waals surface area contributed by atoms with Crippen LogP contribution >= 0.6 is 0 Å². The second kappa shape index (κ2) is 7.00. The third-order valence-electron chi connectivity index (χ3n) is 6.37. The molecule has 1 N–H and O–H groups in total. The number of carbonyl (C=O) groups is 2. The van der Waals surface area contributed by atoms with E-state index in [-0.39, 0.29) is 23.8 Å². The second-order valence-electron chi connectivity index (χ2n) is 8.22. The summed E-state index contributed by atoms with van der Waals surface area (Å²) in [5.41, 5.74) is 0.553. The van der Waals surface area contributed by atoms with Crippen LogP contribution in [0.2, 0.25) is 0 Å². The highest BCUT2D eigenvalue weighted by Gasteiger charge is 2.45. The number of nitrogens with one attached hydrogen (secondary N) is 1. The molecule has 3 aliphatic rings. The molecule has 0 aromatic carbocycles. The average molecular weight is 380 g/mol. The molecule has 3 heterocycles. The SMILES string of the molecule is O=C(N[C@H]1CN(C(=O)C2CCC2)C[C@@H]1C1CC1)c1ccnc(-n2cnnc2)c1. The van der Waals surface area contributed by atoms with Crippen molar-refractivity contribution in [3.05, 3.63) is 36.5 Å². The summed E-state index contributed by atoms with van der Waals surface area (Å²) >= 11 is 0. The molecule has 8 nitrogen and oxygen atoms in total. The number of pyridine rings is 1. The first kappa shape index (κ1) is 17.3. The van der Waals surface area contributed by atoms with E-state index >= 15 is 0 Å². The molecular weight excluding hydrogens is 356 g/mol. The smallest absolute Gasteiger partial charge is 0.251 e. The van der Waals surface area contributed by atoms with Gasteiger partial charge in [-0.2, -0.15) is 0 Å². The Hall–Kier alpha value is -2.77. The first-order valence-electron chi connectivity index (χ1n) is 10.1. The van der Waals surface area contributed by atoms with E-state index in [1.165, 1.54) is 12.8 Å². The van der Waals surface area contributed by atoms with Gasteiger partial charge in [-0.25, -0.2) is 4.98 Å². The van der Waals surface area contributed by atoms with Crippen molar-refractivity contribution in [3.8, 4) is 5.82 Å². The zero-order chi connectivity index (χ0) is 19.1. The molecular formula is C20H24N6O2. The van der Waals surface area contributed by atoms with E-state index < -0.39 is 0 Å². The Kier molecular flexibility index (Phi) is 4.33. The number of hydrogen-bond acceptors (Lipinski definition) is 5. The first-order valence-corrected chi connectivity index (χ1v) is 10.1. The second-order valence-corrected chi connectivity index (χ2v) is 8.22. The van der Waals surface area contributed by atoms with Gasteiger partial charge in [0.15, 0.2) is 0 Å². The molecule has 5 rings (SSSR count). The van der Waals surface area contributed by atoms with Gasteiger partial charge in [0.1, 0.15) is 18.5 Å². The lowest BCUT2D eigenvalue weighted by molar-refractivity contribution is -0.137. The quantitative estimate of drug-likeness (QED) is 0.847. The number of aromatic nitrogens is 4. The summed E-state index contributed by atoms with van der Waals surface area (Å²) in [6.07, 6.45) is 10.3. The van der Waals surface area contributed by atoms with Gasteiger partial charge in [-0.3, -0.25) is 14.2 Å². The van der Waals surface area contributed by atoms with E-state index in [1.807, 2.05) is 4.90 Å². The summed E-state index contributed by atoms with van der Waals surface area (Å²) in [5.74, 6) is 1.98. The molecule has 0 radical (unpaired) electrons. The minimum atomic E-state index is -0.120. The first-order chi connectivity index (χ1) is 13.7. The van der Waals surface area contributed by atoms with Crippen LogP contribution in [0.5, 0.6) is 0 Å². The normalized spacial score (nSPS) is 24.8. The molecule has 3 fully saturated rings. The fraction of sp³-hybridized carbons (Fsp3) is 0.550. The molecule has 8 heteroatoms. The number of rotatable bonds is 5. The molecule has 2 aromatic rings. The van der Waals surface area contributed by atoms with Crippen molar-refractivity contribution >= 4 is 11.8 Å². The number of nitrogens with zero attached hydrogens (tertiary/aromatic N) is 5. The third kappa shape index (κ3) is 3.27. The van der Waals surface area contributed by atoms with Crippen molar-refractivity contribution in [2.45, 2.75) is 38.1 Å². The van der Waals surface area contributed by atoms with Crippen molar-refractivity contribution in [2.75, 3.05) is 13.1 Å². The molecule has 2 atom stereocenters. The Labute approximate surface area is 163 Å². The number of amides is 2. The van der Waals surface area contributed by atoms with Crippen molar-refractivity contribution in [3.63, 3.8) is 0 Å². The van der Waals surface area contributed by atoms with Crippen LogP contribution in [0.4, 0.5) is 0 Å². The van der Waals surface area contributed by atoms with E-state index in [2.05, 4.69) is 20.5 Å². The van der Waals surface area contributed by atoms with Crippen LogP contribution in [0.15, 0.2) is 31.0 Å². The predicted molar refractivity (Wildman–Crippen MR) is 101 cm³/mol. The summed E-state index contributed by atoms with van der Waals surface area (Å²) in [6, 6.07) is 3.47. The number of carbonyl (C=O) groups excluding carboxylic acids is 2. The van der Waals surface area contributed by atoms with Crippen LogP contribution in [0.25, 0.3) is 5.82 Å². The molecule has 1 saturated heterocycles. The molecule has 28 heavy (non-hydrogen) atoms. The predicted octanol–water partition coefficient (Wildman–Crippen LogP) is 1.43. The topological polar surface area (TPSA) is 93.0 Å². The lowest BCUT2D eigenvalue weighted by atomic mass is 9.84. The van der Waals surface area contributed by atoms with Gasteiger partial charge in [-0.15, -0.1) is 10.2 Å². The van der Waals surface area contributed by atoms with Gasteiger partial charge in [0, 0.05) is 36.7 Å². The van der Waals surface area contributed by atoms with Crippen LogP contribution in [0.3, 0.4) is 0 Å². The standard InChI is InChI=1S/C20H24N6O2/c27-19(15-6-7-21-18(8-15)26-11-22-23-12-26)24-17-10-25(9-16(17)13-4-5-13)20(28)14-2-1-3-14/h6-8,11-14,16-17H,1-5,9-10H2,(H,24,27)/t16-,17+/m1/s1. The molecule has 1 aliphatic heterocycles. The van der Waals surface area contributed by atoms with Gasteiger partial charge in [0.05, 0.1) is 6.04 Å². The summed E-state index contributed by atoms with van der Waals surface area (Å²) in [7, 11) is 0. The van der Waals surface area contributed by atoms with Crippen LogP contribution in [0, 0.1) is 17.8 Å². The van der Waals surface area contributed by atoms with Gasteiger partial charge in [0.2, 0.25) is 5.91 Å². The Morgan fingerprint density at radius 1 is 1.07 bits per heavy atom. The highest BCUT2D eigenvalue weighted by Crippen LogP contribution is 2.42. The Morgan fingerprint density at radius 2 is 1.86 bits per heavy atom. The molecule has 146 valence electrons. The van der Waals surface area contributed by atoms with Crippen molar-refractivity contribution in [1.29, 1.82) is 0 Å². The highest BCUT2D eigenvalue weighted by atomic mass is 16.2. The van der Waals surface area contributed by atoms with Gasteiger partial charge >= 0.3 is 0 Å². The summed E-state index contributed by atoms with van der Waals surface area (Å²) in [6.45, 7) is 1.42. The largest absolute Gasteiger partial charge is 0.347 e. The van der Waals surface area contributed by atoms with Gasteiger partial charge in [0.25, 0.3) is 5.91 Å². The monoisotopic (exact) mass is 380 g/mol.